The first-order valence-corrected chi connectivity index (χ1v) is 7.66. The van der Waals surface area contributed by atoms with Crippen LogP contribution < -0.4 is 5.32 Å². The highest BCUT2D eigenvalue weighted by atomic mass is 16.3. The van der Waals surface area contributed by atoms with Crippen LogP contribution >= 0.6 is 0 Å². The van der Waals surface area contributed by atoms with Crippen LogP contribution in [0.3, 0.4) is 0 Å². The lowest BCUT2D eigenvalue weighted by atomic mass is 9.83. The molecule has 1 amide bonds. The van der Waals surface area contributed by atoms with Crippen molar-refractivity contribution in [2.75, 3.05) is 6.54 Å². The number of hydrogen-bond acceptors (Lipinski definition) is 2. The van der Waals surface area contributed by atoms with Gasteiger partial charge >= 0.3 is 0 Å². The topological polar surface area (TPSA) is 49.3 Å². The third-order valence-corrected chi connectivity index (χ3v) is 4.35. The minimum Gasteiger partial charge on any atom is -0.387 e. The van der Waals surface area contributed by atoms with E-state index in [2.05, 4.69) is 5.32 Å². The maximum Gasteiger partial charge on any atom is 0.220 e. The van der Waals surface area contributed by atoms with E-state index in [4.69, 9.17) is 0 Å². The third-order valence-electron chi connectivity index (χ3n) is 4.35. The summed E-state index contributed by atoms with van der Waals surface area (Å²) in [5.74, 6) is 0.613. The third kappa shape index (κ3) is 3.42. The van der Waals surface area contributed by atoms with Crippen LogP contribution in [0, 0.1) is 5.92 Å². The lowest BCUT2D eigenvalue weighted by molar-refractivity contribution is -0.123. The summed E-state index contributed by atoms with van der Waals surface area (Å²) < 4.78 is 0. The molecule has 110 valence electrons. The Hall–Kier alpha value is -1.87. The number of aliphatic hydroxyl groups is 1. The number of amides is 1. The second-order valence-corrected chi connectivity index (χ2v) is 5.93. The first-order chi connectivity index (χ1) is 10.2. The van der Waals surface area contributed by atoms with Gasteiger partial charge in [-0.3, -0.25) is 4.79 Å². The first kappa shape index (κ1) is 14.1. The number of benzene rings is 2. The van der Waals surface area contributed by atoms with E-state index in [-0.39, 0.29) is 12.5 Å². The highest BCUT2D eigenvalue weighted by Crippen LogP contribution is 2.29. The SMILES string of the molecule is O=C(CC1CCC1)NCC(O)c1ccc2ccccc2c1. The zero-order chi connectivity index (χ0) is 14.7. The predicted molar refractivity (Wildman–Crippen MR) is 83.9 cm³/mol. The van der Waals surface area contributed by atoms with E-state index in [1.165, 1.54) is 19.3 Å². The Bertz CT molecular complexity index is 634. The minimum absolute atomic E-state index is 0.0551. The number of hydrogen-bond donors (Lipinski definition) is 2. The van der Waals surface area contributed by atoms with Crippen LogP contribution in [0.15, 0.2) is 42.5 Å². The molecule has 21 heavy (non-hydrogen) atoms. The molecule has 1 unspecified atom stereocenters. The summed E-state index contributed by atoms with van der Waals surface area (Å²) in [5, 5.41) is 15.3. The van der Waals surface area contributed by atoms with Gasteiger partial charge in [0, 0.05) is 13.0 Å². The Labute approximate surface area is 125 Å². The number of aliphatic hydroxyl groups excluding tert-OH is 1. The highest BCUT2D eigenvalue weighted by molar-refractivity contribution is 5.83. The quantitative estimate of drug-likeness (QED) is 0.885. The largest absolute Gasteiger partial charge is 0.387 e. The Balaban J connectivity index is 1.58. The summed E-state index contributed by atoms with van der Waals surface area (Å²) in [6.07, 6.45) is 3.53. The van der Waals surface area contributed by atoms with Crippen LogP contribution in [0.4, 0.5) is 0 Å². The summed E-state index contributed by atoms with van der Waals surface area (Å²) in [6.45, 7) is 0.282. The van der Waals surface area contributed by atoms with Gasteiger partial charge in [-0.2, -0.15) is 0 Å². The summed E-state index contributed by atoms with van der Waals surface area (Å²) in [7, 11) is 0. The molecule has 0 heterocycles. The molecule has 0 aliphatic heterocycles. The van der Waals surface area contributed by atoms with Crippen LogP contribution in [0.2, 0.25) is 0 Å². The summed E-state index contributed by atoms with van der Waals surface area (Å²) >= 11 is 0. The molecular formula is C18H21NO2. The molecule has 2 N–H and O–H groups in total. The summed E-state index contributed by atoms with van der Waals surface area (Å²) in [5.41, 5.74) is 0.845. The van der Waals surface area contributed by atoms with Crippen molar-refractivity contribution in [1.29, 1.82) is 0 Å². The van der Waals surface area contributed by atoms with Crippen molar-refractivity contribution >= 4 is 16.7 Å². The van der Waals surface area contributed by atoms with Crippen molar-refractivity contribution in [3.63, 3.8) is 0 Å². The van der Waals surface area contributed by atoms with E-state index in [1.54, 1.807) is 0 Å². The number of rotatable bonds is 5. The molecule has 0 saturated heterocycles. The lowest BCUT2D eigenvalue weighted by Crippen LogP contribution is -2.31. The molecule has 1 saturated carbocycles. The van der Waals surface area contributed by atoms with Gasteiger partial charge in [-0.05, 0) is 41.2 Å². The predicted octanol–water partition coefficient (Wildman–Crippen LogP) is 3.18. The van der Waals surface area contributed by atoms with Crippen LogP contribution in [-0.4, -0.2) is 17.6 Å². The van der Waals surface area contributed by atoms with E-state index in [9.17, 15) is 9.90 Å². The normalized spacial score (nSPS) is 16.4. The molecule has 0 radical (unpaired) electrons. The van der Waals surface area contributed by atoms with Crippen molar-refractivity contribution in [2.45, 2.75) is 31.8 Å². The van der Waals surface area contributed by atoms with Crippen LogP contribution in [0.5, 0.6) is 0 Å². The van der Waals surface area contributed by atoms with Gasteiger partial charge in [0.25, 0.3) is 0 Å². The molecule has 2 aromatic carbocycles. The average Bonchev–Trinajstić information content (AvgIpc) is 2.48. The van der Waals surface area contributed by atoms with E-state index >= 15 is 0 Å². The van der Waals surface area contributed by atoms with Gasteiger partial charge in [-0.25, -0.2) is 0 Å². The van der Waals surface area contributed by atoms with Crippen LogP contribution in [0.25, 0.3) is 10.8 Å². The van der Waals surface area contributed by atoms with Crippen molar-refractivity contribution < 1.29 is 9.90 Å². The Morgan fingerprint density at radius 2 is 1.95 bits per heavy atom. The van der Waals surface area contributed by atoms with Gasteiger partial charge in [0.15, 0.2) is 0 Å². The molecule has 0 aromatic heterocycles. The maximum atomic E-state index is 11.8. The Morgan fingerprint density at radius 3 is 2.67 bits per heavy atom. The molecule has 3 heteroatoms. The van der Waals surface area contributed by atoms with Gasteiger partial charge < -0.3 is 10.4 Å². The number of carbonyl (C=O) groups is 1. The van der Waals surface area contributed by atoms with Crippen molar-refractivity contribution in [2.24, 2.45) is 5.92 Å². The van der Waals surface area contributed by atoms with E-state index in [0.29, 0.717) is 12.3 Å². The molecule has 2 aromatic rings. The van der Waals surface area contributed by atoms with Crippen LogP contribution in [0.1, 0.15) is 37.4 Å². The standard InChI is InChI=1S/C18H21NO2/c20-17(12-19-18(21)10-13-4-3-5-13)16-9-8-14-6-1-2-7-15(14)11-16/h1-2,6-9,11,13,17,20H,3-5,10,12H2,(H,19,21). The van der Waals surface area contributed by atoms with Gasteiger partial charge in [0.2, 0.25) is 5.91 Å². The molecule has 1 aliphatic carbocycles. The Morgan fingerprint density at radius 1 is 1.19 bits per heavy atom. The molecule has 3 rings (SSSR count). The second kappa shape index (κ2) is 6.27. The first-order valence-electron chi connectivity index (χ1n) is 7.66. The van der Waals surface area contributed by atoms with Crippen LogP contribution in [-0.2, 0) is 4.79 Å². The van der Waals surface area contributed by atoms with E-state index < -0.39 is 6.10 Å². The van der Waals surface area contributed by atoms with E-state index in [0.717, 1.165) is 16.3 Å². The number of nitrogens with one attached hydrogen (secondary N) is 1. The molecule has 0 bridgehead atoms. The van der Waals surface area contributed by atoms with Crippen molar-refractivity contribution in [1.82, 2.24) is 5.32 Å². The minimum atomic E-state index is -0.653. The maximum absolute atomic E-state index is 11.8. The lowest BCUT2D eigenvalue weighted by Gasteiger charge is -2.24. The fraction of sp³-hybridized carbons (Fsp3) is 0.389. The van der Waals surface area contributed by atoms with Gasteiger partial charge in [-0.15, -0.1) is 0 Å². The average molecular weight is 283 g/mol. The zero-order valence-electron chi connectivity index (χ0n) is 12.1. The van der Waals surface area contributed by atoms with Crippen molar-refractivity contribution in [3.05, 3.63) is 48.0 Å². The Kier molecular flexibility index (Phi) is 4.20. The smallest absolute Gasteiger partial charge is 0.220 e. The monoisotopic (exact) mass is 283 g/mol. The molecule has 3 nitrogen and oxygen atoms in total. The molecular weight excluding hydrogens is 262 g/mol. The summed E-state index contributed by atoms with van der Waals surface area (Å²) in [4.78, 5) is 11.8. The second-order valence-electron chi connectivity index (χ2n) is 5.93. The fourth-order valence-electron chi connectivity index (χ4n) is 2.77. The molecule has 1 atom stereocenters. The number of fused-ring (bicyclic) bond motifs is 1. The van der Waals surface area contributed by atoms with Crippen molar-refractivity contribution in [3.8, 4) is 0 Å². The summed E-state index contributed by atoms with van der Waals surface area (Å²) in [6, 6.07) is 14.0. The zero-order valence-corrected chi connectivity index (χ0v) is 12.1. The van der Waals surface area contributed by atoms with E-state index in [1.807, 2.05) is 42.5 Å². The molecule has 1 fully saturated rings. The van der Waals surface area contributed by atoms with Gasteiger partial charge in [-0.1, -0.05) is 42.8 Å². The van der Waals surface area contributed by atoms with Gasteiger partial charge in [0.1, 0.15) is 0 Å². The highest BCUT2D eigenvalue weighted by Gasteiger charge is 2.20. The van der Waals surface area contributed by atoms with Gasteiger partial charge in [0.05, 0.1) is 6.10 Å². The number of carbonyl (C=O) groups excluding carboxylic acids is 1. The fourth-order valence-corrected chi connectivity index (χ4v) is 2.77. The molecule has 0 spiro atoms. The molecule has 1 aliphatic rings.